The fourth-order valence-electron chi connectivity index (χ4n) is 2.56. The number of rotatable bonds is 10. The van der Waals surface area contributed by atoms with Gasteiger partial charge in [-0.3, -0.25) is 4.79 Å². The molecule has 0 bridgehead atoms. The number of ether oxygens (including phenoxy) is 2. The SMILES string of the molecule is C=CCOc1ccc(Br)cc1/C=N\NC(=O)C[C@H](NC(=O)OCC)c1ccccc1. The average Bonchev–Trinajstić information content (AvgIpc) is 2.73. The Morgan fingerprint density at radius 1 is 1.23 bits per heavy atom. The van der Waals surface area contributed by atoms with E-state index >= 15 is 0 Å². The molecule has 2 N–H and O–H groups in total. The van der Waals surface area contributed by atoms with E-state index in [1.54, 1.807) is 19.1 Å². The van der Waals surface area contributed by atoms with Gasteiger partial charge in [-0.05, 0) is 30.7 Å². The van der Waals surface area contributed by atoms with Gasteiger partial charge in [-0.1, -0.05) is 58.9 Å². The minimum absolute atomic E-state index is 0.00151. The zero-order valence-electron chi connectivity index (χ0n) is 16.6. The largest absolute Gasteiger partial charge is 0.489 e. The fourth-order valence-corrected chi connectivity index (χ4v) is 2.94. The number of nitrogens with zero attached hydrogens (tertiary/aromatic N) is 1. The second kappa shape index (κ2) is 12.4. The van der Waals surface area contributed by atoms with Crippen molar-refractivity contribution in [1.29, 1.82) is 0 Å². The van der Waals surface area contributed by atoms with E-state index in [1.165, 1.54) is 6.21 Å². The van der Waals surface area contributed by atoms with Crippen LogP contribution in [0.15, 0.2) is 70.8 Å². The molecule has 0 aliphatic carbocycles. The van der Waals surface area contributed by atoms with Crippen LogP contribution in [0.5, 0.6) is 5.75 Å². The lowest BCUT2D eigenvalue weighted by molar-refractivity contribution is -0.121. The summed E-state index contributed by atoms with van der Waals surface area (Å²) >= 11 is 3.40. The molecule has 2 amide bonds. The Balaban J connectivity index is 2.04. The first-order valence-electron chi connectivity index (χ1n) is 9.36. The van der Waals surface area contributed by atoms with Gasteiger partial charge in [-0.25, -0.2) is 10.2 Å². The van der Waals surface area contributed by atoms with Gasteiger partial charge >= 0.3 is 6.09 Å². The minimum Gasteiger partial charge on any atom is -0.489 e. The first-order chi connectivity index (χ1) is 14.5. The number of hydrazone groups is 1. The summed E-state index contributed by atoms with van der Waals surface area (Å²) in [7, 11) is 0. The second-order valence-electron chi connectivity index (χ2n) is 6.11. The number of benzene rings is 2. The normalized spacial score (nSPS) is 11.5. The van der Waals surface area contributed by atoms with Gasteiger partial charge in [-0.15, -0.1) is 0 Å². The Labute approximate surface area is 184 Å². The fraction of sp³-hybridized carbons (Fsp3) is 0.227. The summed E-state index contributed by atoms with van der Waals surface area (Å²) in [6.07, 6.45) is 2.56. The minimum atomic E-state index is -0.583. The van der Waals surface area contributed by atoms with Crippen LogP contribution >= 0.6 is 15.9 Å². The number of halogens is 1. The first-order valence-corrected chi connectivity index (χ1v) is 10.2. The van der Waals surface area contributed by atoms with Crippen LogP contribution in [0.2, 0.25) is 0 Å². The monoisotopic (exact) mass is 473 g/mol. The number of nitrogens with one attached hydrogen (secondary N) is 2. The molecular formula is C22H24BrN3O4. The highest BCUT2D eigenvalue weighted by molar-refractivity contribution is 9.10. The Morgan fingerprint density at radius 3 is 2.70 bits per heavy atom. The van der Waals surface area contributed by atoms with Crippen LogP contribution in [0, 0.1) is 0 Å². The van der Waals surface area contributed by atoms with E-state index in [-0.39, 0.29) is 18.9 Å². The molecule has 0 radical (unpaired) electrons. The van der Waals surface area contributed by atoms with Gasteiger partial charge in [0.05, 0.1) is 25.3 Å². The molecule has 8 heteroatoms. The number of carbonyl (C=O) groups excluding carboxylic acids is 2. The predicted octanol–water partition coefficient (Wildman–Crippen LogP) is 4.34. The highest BCUT2D eigenvalue weighted by atomic mass is 79.9. The third-order valence-electron chi connectivity index (χ3n) is 3.88. The van der Waals surface area contributed by atoms with Crippen molar-refractivity contribution in [3.05, 3.63) is 76.8 Å². The molecule has 2 aromatic rings. The molecule has 0 fully saturated rings. The van der Waals surface area contributed by atoms with Crippen LogP contribution < -0.4 is 15.5 Å². The maximum atomic E-state index is 12.4. The second-order valence-corrected chi connectivity index (χ2v) is 7.02. The summed E-state index contributed by atoms with van der Waals surface area (Å²) in [5, 5.41) is 6.72. The van der Waals surface area contributed by atoms with Crippen molar-refractivity contribution < 1.29 is 19.1 Å². The van der Waals surface area contributed by atoms with Crippen LogP contribution in [0.1, 0.15) is 30.5 Å². The summed E-state index contributed by atoms with van der Waals surface area (Å²) < 4.78 is 11.4. The molecule has 1 atom stereocenters. The van der Waals surface area contributed by atoms with Gasteiger partial charge in [-0.2, -0.15) is 5.10 Å². The highest BCUT2D eigenvalue weighted by Crippen LogP contribution is 2.22. The lowest BCUT2D eigenvalue weighted by atomic mass is 10.0. The van der Waals surface area contributed by atoms with Gasteiger partial charge in [0.1, 0.15) is 12.4 Å². The molecule has 0 saturated heterocycles. The number of alkyl carbamates (subject to hydrolysis) is 1. The van der Waals surface area contributed by atoms with E-state index in [9.17, 15) is 9.59 Å². The molecule has 30 heavy (non-hydrogen) atoms. The molecule has 0 saturated carbocycles. The van der Waals surface area contributed by atoms with Gasteiger partial charge in [0.2, 0.25) is 5.91 Å². The highest BCUT2D eigenvalue weighted by Gasteiger charge is 2.18. The molecule has 7 nitrogen and oxygen atoms in total. The van der Waals surface area contributed by atoms with Crippen LogP contribution in [0.4, 0.5) is 4.79 Å². The van der Waals surface area contributed by atoms with Crippen molar-refractivity contribution in [3.63, 3.8) is 0 Å². The average molecular weight is 474 g/mol. The van der Waals surface area contributed by atoms with Crippen molar-refractivity contribution in [1.82, 2.24) is 10.7 Å². The van der Waals surface area contributed by atoms with E-state index in [1.807, 2.05) is 42.5 Å². The standard InChI is InChI=1S/C22H24BrN3O4/c1-3-12-30-20-11-10-18(23)13-17(20)15-24-26-21(27)14-19(25-22(28)29-4-2)16-8-6-5-7-9-16/h3,5-11,13,15,19H,1,4,12,14H2,2H3,(H,25,28)(H,26,27)/b24-15-/t19-/m0/s1. The number of carbonyl (C=O) groups is 2. The van der Waals surface area contributed by atoms with Crippen LogP contribution in [0.25, 0.3) is 0 Å². The molecule has 0 spiro atoms. The van der Waals surface area contributed by atoms with Crippen molar-refractivity contribution in [2.24, 2.45) is 5.10 Å². The molecule has 2 aromatic carbocycles. The summed E-state index contributed by atoms with van der Waals surface area (Å²) in [6.45, 7) is 5.94. The maximum Gasteiger partial charge on any atom is 0.407 e. The van der Waals surface area contributed by atoms with Crippen molar-refractivity contribution >= 4 is 34.1 Å². The topological polar surface area (TPSA) is 89.0 Å². The van der Waals surface area contributed by atoms with E-state index in [2.05, 4.69) is 38.4 Å². The third-order valence-corrected chi connectivity index (χ3v) is 4.37. The summed E-state index contributed by atoms with van der Waals surface area (Å²) in [6, 6.07) is 14.1. The van der Waals surface area contributed by atoms with E-state index in [0.717, 1.165) is 10.0 Å². The van der Waals surface area contributed by atoms with Crippen LogP contribution in [0.3, 0.4) is 0 Å². The maximum absolute atomic E-state index is 12.4. The first kappa shape index (κ1) is 23.2. The Kier molecular flexibility index (Phi) is 9.60. The lowest BCUT2D eigenvalue weighted by Crippen LogP contribution is -2.33. The lowest BCUT2D eigenvalue weighted by Gasteiger charge is -2.18. The summed E-state index contributed by atoms with van der Waals surface area (Å²) in [4.78, 5) is 24.3. The van der Waals surface area contributed by atoms with E-state index in [0.29, 0.717) is 17.9 Å². The van der Waals surface area contributed by atoms with Crippen molar-refractivity contribution in [2.45, 2.75) is 19.4 Å². The van der Waals surface area contributed by atoms with E-state index in [4.69, 9.17) is 9.47 Å². The van der Waals surface area contributed by atoms with Gasteiger partial charge < -0.3 is 14.8 Å². The van der Waals surface area contributed by atoms with Crippen LogP contribution in [-0.2, 0) is 9.53 Å². The number of amides is 2. The van der Waals surface area contributed by atoms with Crippen LogP contribution in [-0.4, -0.2) is 31.4 Å². The molecular weight excluding hydrogens is 450 g/mol. The molecule has 0 aliphatic rings. The van der Waals surface area contributed by atoms with E-state index < -0.39 is 12.1 Å². The van der Waals surface area contributed by atoms with Gasteiger partial charge in [0.25, 0.3) is 0 Å². The zero-order chi connectivity index (χ0) is 21.8. The summed E-state index contributed by atoms with van der Waals surface area (Å²) in [5.41, 5.74) is 3.97. The molecule has 158 valence electrons. The number of hydrogen-bond donors (Lipinski definition) is 2. The third kappa shape index (κ3) is 7.71. The molecule has 0 unspecified atom stereocenters. The summed E-state index contributed by atoms with van der Waals surface area (Å²) in [5.74, 6) is 0.252. The number of hydrogen-bond acceptors (Lipinski definition) is 5. The van der Waals surface area contributed by atoms with Crippen molar-refractivity contribution in [3.8, 4) is 5.75 Å². The van der Waals surface area contributed by atoms with Gasteiger partial charge in [0, 0.05) is 10.0 Å². The molecule has 2 rings (SSSR count). The Morgan fingerprint density at radius 2 is 2.00 bits per heavy atom. The quantitative estimate of drug-likeness (QED) is 0.305. The smallest absolute Gasteiger partial charge is 0.407 e. The van der Waals surface area contributed by atoms with Crippen molar-refractivity contribution in [2.75, 3.05) is 13.2 Å². The molecule has 0 heterocycles. The predicted molar refractivity (Wildman–Crippen MR) is 120 cm³/mol. The Bertz CT molecular complexity index is 887. The zero-order valence-corrected chi connectivity index (χ0v) is 18.2. The molecule has 0 aromatic heterocycles. The van der Waals surface area contributed by atoms with Gasteiger partial charge in [0.15, 0.2) is 0 Å². The Hall–Kier alpha value is -3.13. The molecule has 0 aliphatic heterocycles.